The molecule has 1 unspecified atom stereocenters. The number of halogens is 4. The van der Waals surface area contributed by atoms with Crippen molar-refractivity contribution in [2.45, 2.75) is 39.1 Å². The number of nitrogens with one attached hydrogen (secondary N) is 1. The Balaban J connectivity index is 1.52. The Kier molecular flexibility index (Phi) is 6.57. The third-order valence-corrected chi connectivity index (χ3v) is 4.46. The normalized spacial score (nSPS) is 12.5. The van der Waals surface area contributed by atoms with Gasteiger partial charge in [-0.1, -0.05) is 29.4 Å². The Morgan fingerprint density at radius 2 is 1.90 bits per heavy atom. The predicted octanol–water partition coefficient (Wildman–Crippen LogP) is 4.89. The quantitative estimate of drug-likeness (QED) is 0.533. The number of carbonyl (C=O) groups excluding carboxylic acids is 1. The van der Waals surface area contributed by atoms with Crippen molar-refractivity contribution >= 4 is 5.91 Å². The summed E-state index contributed by atoms with van der Waals surface area (Å²) in [5, 5.41) is 6.55. The Hall–Kier alpha value is -3.43. The number of ether oxygens (including phenoxy) is 1. The summed E-state index contributed by atoms with van der Waals surface area (Å²) in [4.78, 5) is 16.4. The summed E-state index contributed by atoms with van der Waals surface area (Å²) in [7, 11) is 0. The molecule has 0 saturated carbocycles. The van der Waals surface area contributed by atoms with E-state index in [1.165, 1.54) is 30.3 Å². The van der Waals surface area contributed by atoms with Crippen molar-refractivity contribution in [3.8, 4) is 17.1 Å². The molecule has 2 aromatic carbocycles. The van der Waals surface area contributed by atoms with Gasteiger partial charge in [-0.15, -0.1) is 13.2 Å². The first-order valence-electron chi connectivity index (χ1n) is 9.35. The number of alkyl halides is 3. The minimum Gasteiger partial charge on any atom is -0.406 e. The van der Waals surface area contributed by atoms with Crippen LogP contribution < -0.4 is 10.1 Å². The molecule has 3 rings (SSSR count). The molecule has 0 aliphatic carbocycles. The average Bonchev–Trinajstić information content (AvgIpc) is 3.17. The van der Waals surface area contributed by atoms with Crippen molar-refractivity contribution in [3.05, 3.63) is 65.3 Å². The van der Waals surface area contributed by atoms with Gasteiger partial charge < -0.3 is 14.6 Å². The van der Waals surface area contributed by atoms with E-state index in [2.05, 4.69) is 20.2 Å². The number of rotatable bonds is 7. The largest absolute Gasteiger partial charge is 0.573 e. The number of carbonyl (C=O) groups is 1. The van der Waals surface area contributed by atoms with Crippen molar-refractivity contribution < 1.29 is 31.6 Å². The molecule has 0 aliphatic rings. The van der Waals surface area contributed by atoms with Crippen LogP contribution in [0.3, 0.4) is 0 Å². The van der Waals surface area contributed by atoms with Crippen LogP contribution in [0, 0.1) is 12.7 Å². The SMILES string of the molecule is Cc1ccc(-c2noc(CCC(=O)NC(C)c3ccc(OC(F)(F)F)cc3)n2)cc1F. The van der Waals surface area contributed by atoms with E-state index >= 15 is 0 Å². The molecule has 1 heterocycles. The molecule has 0 fully saturated rings. The molecular formula is C21H19F4N3O3. The molecular weight excluding hydrogens is 418 g/mol. The smallest absolute Gasteiger partial charge is 0.406 e. The van der Waals surface area contributed by atoms with Crippen molar-refractivity contribution in [2.24, 2.45) is 0 Å². The highest BCUT2D eigenvalue weighted by Gasteiger charge is 2.31. The van der Waals surface area contributed by atoms with E-state index in [1.54, 1.807) is 26.0 Å². The van der Waals surface area contributed by atoms with Crippen LogP contribution in [0.15, 0.2) is 47.0 Å². The van der Waals surface area contributed by atoms with Crippen LogP contribution in [0.1, 0.15) is 36.4 Å². The van der Waals surface area contributed by atoms with Gasteiger partial charge in [-0.25, -0.2) is 4.39 Å². The van der Waals surface area contributed by atoms with Gasteiger partial charge in [0.05, 0.1) is 6.04 Å². The summed E-state index contributed by atoms with van der Waals surface area (Å²) in [6, 6.07) is 9.40. The van der Waals surface area contributed by atoms with Crippen LogP contribution in [0.25, 0.3) is 11.4 Å². The molecule has 1 aromatic heterocycles. The highest BCUT2D eigenvalue weighted by molar-refractivity contribution is 5.76. The maximum absolute atomic E-state index is 13.7. The molecule has 1 amide bonds. The zero-order chi connectivity index (χ0) is 22.6. The Labute approximate surface area is 175 Å². The molecule has 0 aliphatic heterocycles. The Bertz CT molecular complexity index is 1050. The van der Waals surface area contributed by atoms with Gasteiger partial charge in [0.1, 0.15) is 11.6 Å². The molecule has 0 radical (unpaired) electrons. The van der Waals surface area contributed by atoms with E-state index in [0.717, 1.165) is 0 Å². The summed E-state index contributed by atoms with van der Waals surface area (Å²) in [6.45, 7) is 3.35. The van der Waals surface area contributed by atoms with Gasteiger partial charge in [-0.3, -0.25) is 4.79 Å². The highest BCUT2D eigenvalue weighted by atomic mass is 19.4. The zero-order valence-corrected chi connectivity index (χ0v) is 16.7. The van der Waals surface area contributed by atoms with Gasteiger partial charge in [0.2, 0.25) is 17.6 Å². The lowest BCUT2D eigenvalue weighted by Gasteiger charge is -2.15. The van der Waals surface area contributed by atoms with Crippen LogP contribution in [0.4, 0.5) is 17.6 Å². The first-order chi connectivity index (χ1) is 14.6. The average molecular weight is 437 g/mol. The molecule has 1 atom stereocenters. The Morgan fingerprint density at radius 1 is 1.19 bits per heavy atom. The molecule has 6 nitrogen and oxygen atoms in total. The molecule has 31 heavy (non-hydrogen) atoms. The van der Waals surface area contributed by atoms with Gasteiger partial charge in [0, 0.05) is 18.4 Å². The topological polar surface area (TPSA) is 77.2 Å². The van der Waals surface area contributed by atoms with E-state index in [1.807, 2.05) is 0 Å². The second kappa shape index (κ2) is 9.15. The molecule has 0 saturated heterocycles. The molecule has 164 valence electrons. The minimum absolute atomic E-state index is 0.0590. The lowest BCUT2D eigenvalue weighted by atomic mass is 10.1. The number of aromatic nitrogens is 2. The van der Waals surface area contributed by atoms with Gasteiger partial charge in [0.15, 0.2) is 0 Å². The summed E-state index contributed by atoms with van der Waals surface area (Å²) < 4.78 is 59.3. The lowest BCUT2D eigenvalue weighted by Crippen LogP contribution is -2.26. The van der Waals surface area contributed by atoms with Crippen LogP contribution in [-0.4, -0.2) is 22.4 Å². The number of hydrogen-bond acceptors (Lipinski definition) is 5. The maximum atomic E-state index is 13.7. The number of hydrogen-bond donors (Lipinski definition) is 1. The molecule has 1 N–H and O–H groups in total. The molecule has 10 heteroatoms. The van der Waals surface area contributed by atoms with E-state index in [-0.39, 0.29) is 42.0 Å². The first kappa shape index (κ1) is 22.3. The fraction of sp³-hybridized carbons (Fsp3) is 0.286. The van der Waals surface area contributed by atoms with E-state index in [0.29, 0.717) is 16.7 Å². The number of aryl methyl sites for hydroxylation is 2. The van der Waals surface area contributed by atoms with Crippen molar-refractivity contribution in [2.75, 3.05) is 0 Å². The fourth-order valence-electron chi connectivity index (χ4n) is 2.78. The standard InChI is InChI=1S/C21H19F4N3O3/c1-12-3-4-15(11-17(12)22)20-27-19(31-28-20)10-9-18(29)26-13(2)14-5-7-16(8-6-14)30-21(23,24)25/h3-8,11,13H,9-10H2,1-2H3,(H,26,29). The summed E-state index contributed by atoms with van der Waals surface area (Å²) >= 11 is 0. The monoisotopic (exact) mass is 437 g/mol. The second-order valence-corrected chi connectivity index (χ2v) is 6.88. The van der Waals surface area contributed by atoms with Crippen molar-refractivity contribution in [3.63, 3.8) is 0 Å². The summed E-state index contributed by atoms with van der Waals surface area (Å²) in [5.74, 6) is -0.564. The number of benzene rings is 2. The van der Waals surface area contributed by atoms with Crippen molar-refractivity contribution in [1.82, 2.24) is 15.5 Å². The van der Waals surface area contributed by atoms with Crippen LogP contribution in [-0.2, 0) is 11.2 Å². The molecule has 0 bridgehead atoms. The van der Waals surface area contributed by atoms with Crippen LogP contribution in [0.5, 0.6) is 5.75 Å². The van der Waals surface area contributed by atoms with Crippen LogP contribution in [0.2, 0.25) is 0 Å². The molecule has 0 spiro atoms. The van der Waals surface area contributed by atoms with E-state index in [4.69, 9.17) is 4.52 Å². The lowest BCUT2D eigenvalue weighted by molar-refractivity contribution is -0.274. The fourth-order valence-corrected chi connectivity index (χ4v) is 2.78. The third kappa shape index (κ3) is 6.27. The maximum Gasteiger partial charge on any atom is 0.573 e. The summed E-state index contributed by atoms with van der Waals surface area (Å²) in [6.07, 6.45) is -4.52. The third-order valence-electron chi connectivity index (χ3n) is 4.46. The van der Waals surface area contributed by atoms with Gasteiger partial charge in [-0.2, -0.15) is 4.98 Å². The van der Waals surface area contributed by atoms with E-state index in [9.17, 15) is 22.4 Å². The second-order valence-electron chi connectivity index (χ2n) is 6.88. The van der Waals surface area contributed by atoms with Crippen LogP contribution >= 0.6 is 0 Å². The summed E-state index contributed by atoms with van der Waals surface area (Å²) in [5.41, 5.74) is 1.58. The van der Waals surface area contributed by atoms with Gasteiger partial charge in [-0.05, 0) is 43.2 Å². The zero-order valence-electron chi connectivity index (χ0n) is 16.7. The van der Waals surface area contributed by atoms with Crippen molar-refractivity contribution in [1.29, 1.82) is 0 Å². The Morgan fingerprint density at radius 3 is 2.55 bits per heavy atom. The minimum atomic E-state index is -4.76. The molecule has 3 aromatic rings. The number of nitrogens with zero attached hydrogens (tertiary/aromatic N) is 2. The highest BCUT2D eigenvalue weighted by Crippen LogP contribution is 2.24. The predicted molar refractivity (Wildman–Crippen MR) is 102 cm³/mol. The number of amides is 1. The first-order valence-corrected chi connectivity index (χ1v) is 9.35. The van der Waals surface area contributed by atoms with Gasteiger partial charge in [0.25, 0.3) is 0 Å². The van der Waals surface area contributed by atoms with E-state index < -0.39 is 12.4 Å². The van der Waals surface area contributed by atoms with Gasteiger partial charge >= 0.3 is 6.36 Å².